The molecule has 1 atom stereocenters. The van der Waals surface area contributed by atoms with Gasteiger partial charge in [0, 0.05) is 5.56 Å². The van der Waals surface area contributed by atoms with E-state index in [1.807, 2.05) is 32.0 Å². The van der Waals surface area contributed by atoms with Crippen molar-refractivity contribution < 1.29 is 8.78 Å². The van der Waals surface area contributed by atoms with E-state index in [0.717, 1.165) is 35.7 Å². The predicted molar refractivity (Wildman–Crippen MR) is 82.4 cm³/mol. The van der Waals surface area contributed by atoms with E-state index in [-0.39, 0.29) is 6.04 Å². The molecule has 0 amide bonds. The summed E-state index contributed by atoms with van der Waals surface area (Å²) >= 11 is 0. The third-order valence-corrected chi connectivity index (χ3v) is 3.85. The highest BCUT2D eigenvalue weighted by atomic mass is 19.2. The van der Waals surface area contributed by atoms with Gasteiger partial charge in [0.1, 0.15) is 0 Å². The lowest BCUT2D eigenvalue weighted by Crippen LogP contribution is -2.25. The van der Waals surface area contributed by atoms with Gasteiger partial charge >= 0.3 is 0 Å². The van der Waals surface area contributed by atoms with E-state index in [1.165, 1.54) is 0 Å². The summed E-state index contributed by atoms with van der Waals surface area (Å²) in [6.07, 6.45) is 0.929. The average molecular weight is 289 g/mol. The molecule has 0 aliphatic heterocycles. The first-order chi connectivity index (χ1) is 10.1. The standard InChI is InChI=1S/C18H21F2N/c1-4-11-21-18(14-8-5-7-12(2)13(14)3)15-9-6-10-16(19)17(15)20/h5-10,18,21H,4,11H2,1-3H3. The van der Waals surface area contributed by atoms with E-state index in [0.29, 0.717) is 5.56 Å². The molecule has 1 nitrogen and oxygen atoms in total. The van der Waals surface area contributed by atoms with E-state index in [4.69, 9.17) is 0 Å². The van der Waals surface area contributed by atoms with Crippen LogP contribution in [0.3, 0.4) is 0 Å². The van der Waals surface area contributed by atoms with Gasteiger partial charge in [-0.1, -0.05) is 37.3 Å². The fourth-order valence-corrected chi connectivity index (χ4v) is 2.51. The molecule has 0 radical (unpaired) electrons. The highest BCUT2D eigenvalue weighted by Gasteiger charge is 2.21. The van der Waals surface area contributed by atoms with E-state index in [1.54, 1.807) is 12.1 Å². The van der Waals surface area contributed by atoms with Crippen LogP contribution in [-0.4, -0.2) is 6.54 Å². The second-order valence-electron chi connectivity index (χ2n) is 5.32. The van der Waals surface area contributed by atoms with Gasteiger partial charge in [0.25, 0.3) is 0 Å². The Kier molecular flexibility index (Phi) is 5.07. The van der Waals surface area contributed by atoms with Crippen LogP contribution in [0.25, 0.3) is 0 Å². The van der Waals surface area contributed by atoms with Crippen molar-refractivity contribution in [2.45, 2.75) is 33.2 Å². The van der Waals surface area contributed by atoms with Crippen molar-refractivity contribution >= 4 is 0 Å². The summed E-state index contributed by atoms with van der Waals surface area (Å²) in [6, 6.07) is 9.97. The van der Waals surface area contributed by atoms with Gasteiger partial charge in [0.15, 0.2) is 11.6 Å². The molecule has 0 aromatic heterocycles. The zero-order chi connectivity index (χ0) is 15.4. The van der Waals surface area contributed by atoms with Crippen molar-refractivity contribution in [1.29, 1.82) is 0 Å². The number of hydrogen-bond donors (Lipinski definition) is 1. The zero-order valence-corrected chi connectivity index (χ0v) is 12.7. The number of benzene rings is 2. The Balaban J connectivity index is 2.52. The normalized spacial score (nSPS) is 12.4. The summed E-state index contributed by atoms with van der Waals surface area (Å²) in [7, 11) is 0. The number of rotatable bonds is 5. The lowest BCUT2D eigenvalue weighted by atomic mass is 9.92. The number of halogens is 2. The molecule has 0 saturated carbocycles. The third kappa shape index (κ3) is 3.30. The molecule has 0 saturated heterocycles. The average Bonchev–Trinajstić information content (AvgIpc) is 2.47. The first-order valence-electron chi connectivity index (χ1n) is 7.29. The Bertz CT molecular complexity index is 571. The van der Waals surface area contributed by atoms with Gasteiger partial charge in [0.2, 0.25) is 0 Å². The zero-order valence-electron chi connectivity index (χ0n) is 12.7. The molecule has 0 aliphatic rings. The number of nitrogens with one attached hydrogen (secondary N) is 1. The fourth-order valence-electron chi connectivity index (χ4n) is 2.51. The maximum Gasteiger partial charge on any atom is 0.163 e. The molecule has 21 heavy (non-hydrogen) atoms. The third-order valence-electron chi connectivity index (χ3n) is 3.85. The van der Waals surface area contributed by atoms with Gasteiger partial charge < -0.3 is 5.32 Å². The van der Waals surface area contributed by atoms with Gasteiger partial charge in [-0.3, -0.25) is 0 Å². The van der Waals surface area contributed by atoms with Crippen molar-refractivity contribution in [2.24, 2.45) is 0 Å². The molecule has 1 N–H and O–H groups in total. The van der Waals surface area contributed by atoms with Gasteiger partial charge in [-0.2, -0.15) is 0 Å². The van der Waals surface area contributed by atoms with Crippen molar-refractivity contribution in [3.8, 4) is 0 Å². The monoisotopic (exact) mass is 289 g/mol. The topological polar surface area (TPSA) is 12.0 Å². The van der Waals surface area contributed by atoms with Crippen LogP contribution in [0.15, 0.2) is 36.4 Å². The predicted octanol–water partition coefficient (Wildman–Crippen LogP) is 4.67. The van der Waals surface area contributed by atoms with Crippen LogP contribution in [0.4, 0.5) is 8.78 Å². The molecule has 2 rings (SSSR count). The Labute approximate surface area is 125 Å². The molecule has 0 fully saturated rings. The molecule has 2 aromatic rings. The van der Waals surface area contributed by atoms with Crippen LogP contribution in [0.1, 0.15) is 41.6 Å². The van der Waals surface area contributed by atoms with Crippen LogP contribution in [-0.2, 0) is 0 Å². The molecule has 2 aromatic carbocycles. The summed E-state index contributed by atoms with van der Waals surface area (Å²) in [5.41, 5.74) is 3.60. The first kappa shape index (κ1) is 15.6. The minimum atomic E-state index is -0.805. The van der Waals surface area contributed by atoms with Crippen LogP contribution >= 0.6 is 0 Å². The molecule has 3 heteroatoms. The van der Waals surface area contributed by atoms with Gasteiger partial charge in [0.05, 0.1) is 6.04 Å². The summed E-state index contributed by atoms with van der Waals surface area (Å²) < 4.78 is 27.7. The summed E-state index contributed by atoms with van der Waals surface area (Å²) in [4.78, 5) is 0. The Hall–Kier alpha value is -1.74. The molecular formula is C18H21F2N. The molecular weight excluding hydrogens is 268 g/mol. The summed E-state index contributed by atoms with van der Waals surface area (Å²) in [5.74, 6) is -1.58. The van der Waals surface area contributed by atoms with E-state index >= 15 is 0 Å². The summed E-state index contributed by atoms with van der Waals surface area (Å²) in [6.45, 7) is 6.84. The van der Waals surface area contributed by atoms with Crippen LogP contribution in [0.2, 0.25) is 0 Å². The van der Waals surface area contributed by atoms with Crippen molar-refractivity contribution in [3.05, 3.63) is 70.3 Å². The fraction of sp³-hybridized carbons (Fsp3) is 0.333. The Morgan fingerprint density at radius 3 is 2.38 bits per heavy atom. The van der Waals surface area contributed by atoms with E-state index < -0.39 is 11.6 Å². The quantitative estimate of drug-likeness (QED) is 0.843. The molecule has 112 valence electrons. The van der Waals surface area contributed by atoms with Gasteiger partial charge in [-0.15, -0.1) is 0 Å². The largest absolute Gasteiger partial charge is 0.306 e. The van der Waals surface area contributed by atoms with Crippen molar-refractivity contribution in [1.82, 2.24) is 5.32 Å². The molecule has 1 unspecified atom stereocenters. The Morgan fingerprint density at radius 1 is 1.00 bits per heavy atom. The minimum Gasteiger partial charge on any atom is -0.306 e. The maximum absolute atomic E-state index is 14.2. The van der Waals surface area contributed by atoms with E-state index in [2.05, 4.69) is 12.2 Å². The van der Waals surface area contributed by atoms with Crippen molar-refractivity contribution in [3.63, 3.8) is 0 Å². The molecule has 0 bridgehead atoms. The summed E-state index contributed by atoms with van der Waals surface area (Å²) in [5, 5.41) is 3.33. The van der Waals surface area contributed by atoms with Gasteiger partial charge in [-0.25, -0.2) is 8.78 Å². The smallest absolute Gasteiger partial charge is 0.163 e. The highest BCUT2D eigenvalue weighted by Crippen LogP contribution is 2.29. The molecule has 0 spiro atoms. The number of aryl methyl sites for hydroxylation is 1. The second-order valence-corrected chi connectivity index (χ2v) is 5.32. The number of hydrogen-bond acceptors (Lipinski definition) is 1. The maximum atomic E-state index is 14.2. The molecule has 0 aliphatic carbocycles. The second kappa shape index (κ2) is 6.81. The highest BCUT2D eigenvalue weighted by molar-refractivity contribution is 5.41. The lowest BCUT2D eigenvalue weighted by molar-refractivity contribution is 0.480. The minimum absolute atomic E-state index is 0.333. The van der Waals surface area contributed by atoms with Crippen molar-refractivity contribution in [2.75, 3.05) is 6.54 Å². The van der Waals surface area contributed by atoms with Gasteiger partial charge in [-0.05, 0) is 49.6 Å². The lowest BCUT2D eigenvalue weighted by Gasteiger charge is -2.23. The molecule has 0 heterocycles. The van der Waals surface area contributed by atoms with Crippen LogP contribution < -0.4 is 5.32 Å². The van der Waals surface area contributed by atoms with Crippen LogP contribution in [0, 0.1) is 25.5 Å². The Morgan fingerprint density at radius 2 is 1.67 bits per heavy atom. The van der Waals surface area contributed by atoms with E-state index in [9.17, 15) is 8.78 Å². The first-order valence-corrected chi connectivity index (χ1v) is 7.29. The van der Waals surface area contributed by atoms with Crippen LogP contribution in [0.5, 0.6) is 0 Å². The SMILES string of the molecule is CCCNC(c1cccc(C)c1C)c1cccc(F)c1F.